The molecule has 4 nitrogen and oxygen atoms in total. The minimum Gasteiger partial charge on any atom is -0.304 e. The molecule has 5 heteroatoms. The molecule has 0 fully saturated rings. The van der Waals surface area contributed by atoms with Gasteiger partial charge in [-0.25, -0.2) is 9.00 Å². The SMILES string of the molecule is CS1(=O)=NC(=O)Nc2ccccc21. The quantitative estimate of drug-likeness (QED) is 0.686. The highest BCUT2D eigenvalue weighted by molar-refractivity contribution is 7.93. The smallest absolute Gasteiger partial charge is 0.304 e. The molecule has 1 aromatic rings. The monoisotopic (exact) mass is 196 g/mol. The summed E-state index contributed by atoms with van der Waals surface area (Å²) in [6, 6.07) is 6.44. The molecule has 1 N–H and O–H groups in total. The number of hydrogen-bond acceptors (Lipinski definition) is 2. The Morgan fingerprint density at radius 1 is 1.38 bits per heavy atom. The van der Waals surface area contributed by atoms with Gasteiger partial charge in [0, 0.05) is 6.26 Å². The number of urea groups is 1. The first kappa shape index (κ1) is 8.25. The summed E-state index contributed by atoms with van der Waals surface area (Å²) < 4.78 is 15.3. The summed E-state index contributed by atoms with van der Waals surface area (Å²) in [4.78, 5) is 11.6. The molecule has 1 aliphatic heterocycles. The largest absolute Gasteiger partial charge is 0.353 e. The highest BCUT2D eigenvalue weighted by atomic mass is 32.2. The minimum atomic E-state index is -2.53. The Bertz CT molecular complexity index is 487. The highest BCUT2D eigenvalue weighted by Gasteiger charge is 2.19. The number of carbonyl (C=O) groups is 1. The van der Waals surface area contributed by atoms with Gasteiger partial charge in [-0.15, -0.1) is 4.36 Å². The third kappa shape index (κ3) is 1.31. The normalized spacial score (nSPS) is 25.8. The van der Waals surface area contributed by atoms with Crippen molar-refractivity contribution in [3.05, 3.63) is 24.3 Å². The first-order valence-corrected chi connectivity index (χ1v) is 5.64. The van der Waals surface area contributed by atoms with E-state index in [9.17, 15) is 9.00 Å². The van der Waals surface area contributed by atoms with E-state index in [0.717, 1.165) is 0 Å². The summed E-state index contributed by atoms with van der Waals surface area (Å²) >= 11 is 0. The molecule has 0 radical (unpaired) electrons. The lowest BCUT2D eigenvalue weighted by Crippen LogP contribution is -2.17. The van der Waals surface area contributed by atoms with Crippen molar-refractivity contribution >= 4 is 21.4 Å². The molecule has 68 valence electrons. The molecular formula is C8H8N2O2S. The maximum absolute atomic E-state index is 11.8. The lowest BCUT2D eigenvalue weighted by atomic mass is 10.3. The fourth-order valence-electron chi connectivity index (χ4n) is 1.25. The molecule has 0 spiro atoms. The number of nitrogens with zero attached hydrogens (tertiary/aromatic N) is 1. The topological polar surface area (TPSA) is 58.5 Å². The van der Waals surface area contributed by atoms with Crippen LogP contribution in [0.4, 0.5) is 10.5 Å². The van der Waals surface area contributed by atoms with Gasteiger partial charge < -0.3 is 5.32 Å². The third-order valence-corrected chi connectivity index (χ3v) is 3.48. The fourth-order valence-corrected chi connectivity index (χ4v) is 2.56. The van der Waals surface area contributed by atoms with E-state index in [-0.39, 0.29) is 0 Å². The van der Waals surface area contributed by atoms with Crippen LogP contribution in [0.15, 0.2) is 33.5 Å². The van der Waals surface area contributed by atoms with Crippen molar-refractivity contribution in [3.8, 4) is 0 Å². The van der Waals surface area contributed by atoms with Gasteiger partial charge >= 0.3 is 6.03 Å². The number of para-hydroxylation sites is 1. The van der Waals surface area contributed by atoms with E-state index in [0.29, 0.717) is 10.6 Å². The van der Waals surface area contributed by atoms with Crippen molar-refractivity contribution in [2.45, 2.75) is 4.90 Å². The summed E-state index contributed by atoms with van der Waals surface area (Å²) in [6.07, 6.45) is 1.46. The Labute approximate surface area is 76.1 Å². The van der Waals surface area contributed by atoms with Gasteiger partial charge in [0.2, 0.25) is 0 Å². The van der Waals surface area contributed by atoms with Crippen LogP contribution in [0.3, 0.4) is 0 Å². The maximum atomic E-state index is 11.8. The zero-order valence-corrected chi connectivity index (χ0v) is 7.80. The van der Waals surface area contributed by atoms with Crippen molar-refractivity contribution in [2.75, 3.05) is 11.6 Å². The molecule has 1 unspecified atom stereocenters. The summed E-state index contributed by atoms with van der Waals surface area (Å²) in [5, 5.41) is 2.53. The Hall–Kier alpha value is -1.36. The van der Waals surface area contributed by atoms with Crippen LogP contribution in [0.25, 0.3) is 0 Å². The molecule has 1 aliphatic rings. The van der Waals surface area contributed by atoms with Crippen LogP contribution in [0.1, 0.15) is 0 Å². The highest BCUT2D eigenvalue weighted by Crippen LogP contribution is 2.25. The molecule has 0 saturated heterocycles. The van der Waals surface area contributed by atoms with E-state index < -0.39 is 15.8 Å². The van der Waals surface area contributed by atoms with Crippen molar-refractivity contribution in [1.29, 1.82) is 0 Å². The van der Waals surface area contributed by atoms with Gasteiger partial charge in [-0.05, 0) is 12.1 Å². The molecule has 1 aromatic carbocycles. The average Bonchev–Trinajstić information content (AvgIpc) is 2.02. The zero-order valence-electron chi connectivity index (χ0n) is 6.98. The van der Waals surface area contributed by atoms with E-state index in [2.05, 4.69) is 9.68 Å². The molecule has 0 bridgehead atoms. The summed E-state index contributed by atoms with van der Waals surface area (Å²) in [5.74, 6) is 0. The molecule has 1 atom stereocenters. The number of carbonyl (C=O) groups excluding carboxylic acids is 1. The fraction of sp³-hybridized carbons (Fsp3) is 0.125. The van der Waals surface area contributed by atoms with Crippen LogP contribution >= 0.6 is 0 Å². The van der Waals surface area contributed by atoms with Gasteiger partial charge in [0.1, 0.15) is 0 Å². The van der Waals surface area contributed by atoms with Crippen LogP contribution in [-0.4, -0.2) is 16.5 Å². The van der Waals surface area contributed by atoms with Crippen molar-refractivity contribution in [2.24, 2.45) is 4.36 Å². The molecule has 2 rings (SSSR count). The molecule has 0 saturated carbocycles. The number of benzene rings is 1. The molecule has 2 amide bonds. The maximum Gasteiger partial charge on any atom is 0.353 e. The standard InChI is InChI=1S/C8H8N2O2S/c1-13(12)7-5-3-2-4-6(7)9-8(11)10-13/h2-5H,1H3,(H,9,10,11,12). The van der Waals surface area contributed by atoms with Gasteiger partial charge in [0.05, 0.1) is 20.3 Å². The molecule has 0 aromatic heterocycles. The first-order valence-electron chi connectivity index (χ1n) is 3.72. The Kier molecular flexibility index (Phi) is 1.63. The van der Waals surface area contributed by atoms with Gasteiger partial charge in [-0.2, -0.15) is 0 Å². The van der Waals surface area contributed by atoms with Crippen LogP contribution in [0.2, 0.25) is 0 Å². The van der Waals surface area contributed by atoms with Crippen LogP contribution in [-0.2, 0) is 9.73 Å². The minimum absolute atomic E-state index is 0.536. The van der Waals surface area contributed by atoms with Gasteiger partial charge in [0.25, 0.3) is 0 Å². The predicted octanol–water partition coefficient (Wildman–Crippen LogP) is 1.69. The lowest BCUT2D eigenvalue weighted by molar-refractivity contribution is 0.259. The number of hydrogen-bond donors (Lipinski definition) is 1. The molecule has 0 aliphatic carbocycles. The third-order valence-electron chi connectivity index (χ3n) is 1.79. The Morgan fingerprint density at radius 3 is 2.85 bits per heavy atom. The summed E-state index contributed by atoms with van der Waals surface area (Å²) in [5.41, 5.74) is 0.593. The van der Waals surface area contributed by atoms with Gasteiger partial charge in [0.15, 0.2) is 0 Å². The molecule has 1 heterocycles. The van der Waals surface area contributed by atoms with E-state index in [1.54, 1.807) is 24.3 Å². The van der Waals surface area contributed by atoms with Crippen molar-refractivity contribution in [3.63, 3.8) is 0 Å². The Morgan fingerprint density at radius 2 is 2.08 bits per heavy atom. The van der Waals surface area contributed by atoms with Crippen LogP contribution < -0.4 is 5.32 Å². The van der Waals surface area contributed by atoms with Crippen LogP contribution in [0.5, 0.6) is 0 Å². The number of anilines is 1. The molecular weight excluding hydrogens is 188 g/mol. The number of fused-ring (bicyclic) bond motifs is 1. The van der Waals surface area contributed by atoms with Crippen molar-refractivity contribution < 1.29 is 9.00 Å². The van der Waals surface area contributed by atoms with Gasteiger partial charge in [-0.3, -0.25) is 0 Å². The Balaban J connectivity index is 2.77. The number of rotatable bonds is 0. The lowest BCUT2D eigenvalue weighted by Gasteiger charge is -2.15. The van der Waals surface area contributed by atoms with E-state index in [1.165, 1.54) is 6.26 Å². The first-order chi connectivity index (χ1) is 6.09. The van der Waals surface area contributed by atoms with E-state index in [4.69, 9.17) is 0 Å². The zero-order chi connectivity index (χ0) is 9.47. The van der Waals surface area contributed by atoms with Crippen LogP contribution in [0, 0.1) is 0 Å². The van der Waals surface area contributed by atoms with E-state index >= 15 is 0 Å². The summed E-state index contributed by atoms with van der Waals surface area (Å²) in [7, 11) is -2.53. The second kappa shape index (κ2) is 2.56. The predicted molar refractivity (Wildman–Crippen MR) is 50.2 cm³/mol. The second-order valence-electron chi connectivity index (χ2n) is 2.82. The van der Waals surface area contributed by atoms with E-state index in [1.807, 2.05) is 0 Å². The second-order valence-corrected chi connectivity index (χ2v) is 5.05. The molecule has 13 heavy (non-hydrogen) atoms. The van der Waals surface area contributed by atoms with Crippen molar-refractivity contribution in [1.82, 2.24) is 0 Å². The number of nitrogens with one attached hydrogen (secondary N) is 1. The average molecular weight is 196 g/mol. The number of amides is 2. The van der Waals surface area contributed by atoms with Gasteiger partial charge in [-0.1, -0.05) is 12.1 Å². The summed E-state index contributed by atoms with van der Waals surface area (Å²) in [6.45, 7) is 0.